The lowest BCUT2D eigenvalue weighted by Crippen LogP contribution is -2.22. The van der Waals surface area contributed by atoms with E-state index in [1.807, 2.05) is 24.3 Å². The fraction of sp³-hybridized carbons (Fsp3) is 0.333. The maximum absolute atomic E-state index is 12.6. The first-order valence-corrected chi connectivity index (χ1v) is 9.51. The van der Waals surface area contributed by atoms with Crippen molar-refractivity contribution in [2.45, 2.75) is 29.5 Å². The lowest BCUT2D eigenvalue weighted by molar-refractivity contribution is 0.234. The summed E-state index contributed by atoms with van der Waals surface area (Å²) in [7, 11) is -2.94. The minimum Gasteiger partial charge on any atom is -0.497 e. The topological polar surface area (TPSA) is 46.6 Å². The number of ether oxygens (including phenoxy) is 1. The van der Waals surface area contributed by atoms with E-state index in [-0.39, 0.29) is 10.9 Å². The number of benzene rings is 2. The second kappa shape index (κ2) is 7.00. The number of sulfone groups is 1. The summed E-state index contributed by atoms with van der Waals surface area (Å²) in [6.45, 7) is 0.831. The van der Waals surface area contributed by atoms with Gasteiger partial charge in [-0.15, -0.1) is 0 Å². The maximum atomic E-state index is 12.6. The second-order valence-corrected chi connectivity index (χ2v) is 7.84. The zero-order valence-electron chi connectivity index (χ0n) is 13.7. The average Bonchev–Trinajstić information content (AvgIpc) is 3.11. The zero-order chi connectivity index (χ0) is 18.0. The summed E-state index contributed by atoms with van der Waals surface area (Å²) in [5.74, 6) is -2.62. The van der Waals surface area contributed by atoms with Gasteiger partial charge in [-0.1, -0.05) is 12.1 Å². The van der Waals surface area contributed by atoms with Crippen LogP contribution in [0, 0.1) is 0 Å². The third-order valence-corrected chi connectivity index (χ3v) is 5.88. The molecule has 25 heavy (non-hydrogen) atoms. The fourth-order valence-corrected chi connectivity index (χ4v) is 3.90. The standard InChI is InChI=1S/C18H19F2NO3S/c1-24-15-8-4-13(5-9-15)17-3-2-12-21(17)14-6-10-16(11-7-14)25(22,23)18(19)20/h4-11,17-18H,2-3,12H2,1H3/t17-/m0/s1. The molecule has 0 spiro atoms. The van der Waals surface area contributed by atoms with Crippen molar-refractivity contribution < 1.29 is 21.9 Å². The van der Waals surface area contributed by atoms with Crippen LogP contribution < -0.4 is 9.64 Å². The Labute approximate surface area is 146 Å². The molecule has 1 fully saturated rings. The average molecular weight is 367 g/mol. The summed E-state index contributed by atoms with van der Waals surface area (Å²) in [4.78, 5) is 1.81. The lowest BCUT2D eigenvalue weighted by Gasteiger charge is -2.27. The van der Waals surface area contributed by atoms with Gasteiger partial charge in [0.1, 0.15) is 5.75 Å². The molecule has 3 rings (SSSR count). The summed E-state index contributed by atoms with van der Waals surface area (Å²) >= 11 is 0. The molecule has 0 N–H and O–H groups in total. The van der Waals surface area contributed by atoms with Gasteiger partial charge in [0.2, 0.25) is 9.84 Å². The van der Waals surface area contributed by atoms with Crippen molar-refractivity contribution in [3.8, 4) is 5.75 Å². The highest BCUT2D eigenvalue weighted by Crippen LogP contribution is 2.37. The number of methoxy groups -OCH3 is 1. The first kappa shape index (κ1) is 17.7. The van der Waals surface area contributed by atoms with E-state index in [4.69, 9.17) is 4.74 Å². The van der Waals surface area contributed by atoms with Crippen LogP contribution in [0.4, 0.5) is 14.5 Å². The number of hydrogen-bond acceptors (Lipinski definition) is 4. The minimum atomic E-state index is -4.56. The van der Waals surface area contributed by atoms with Gasteiger partial charge in [0.05, 0.1) is 18.0 Å². The van der Waals surface area contributed by atoms with E-state index in [0.717, 1.165) is 36.4 Å². The molecule has 0 amide bonds. The van der Waals surface area contributed by atoms with Crippen LogP contribution in [0.2, 0.25) is 0 Å². The summed E-state index contributed by atoms with van der Waals surface area (Å²) in [5, 5.41) is 0. The van der Waals surface area contributed by atoms with Crippen molar-refractivity contribution in [3.63, 3.8) is 0 Å². The highest BCUT2D eigenvalue weighted by Gasteiger charge is 2.29. The Morgan fingerprint density at radius 1 is 1.08 bits per heavy atom. The molecule has 0 radical (unpaired) electrons. The first-order valence-electron chi connectivity index (χ1n) is 7.96. The van der Waals surface area contributed by atoms with Crippen molar-refractivity contribution in [2.24, 2.45) is 0 Å². The molecule has 0 aromatic heterocycles. The number of rotatable bonds is 5. The van der Waals surface area contributed by atoms with E-state index in [1.165, 1.54) is 12.1 Å². The SMILES string of the molecule is COc1ccc([C@@H]2CCCN2c2ccc(S(=O)(=O)C(F)F)cc2)cc1. The van der Waals surface area contributed by atoms with Gasteiger partial charge >= 0.3 is 5.76 Å². The van der Waals surface area contributed by atoms with Gasteiger partial charge in [-0.3, -0.25) is 0 Å². The van der Waals surface area contributed by atoms with Crippen molar-refractivity contribution in [3.05, 3.63) is 54.1 Å². The van der Waals surface area contributed by atoms with Gasteiger partial charge in [-0.2, -0.15) is 8.78 Å². The molecule has 1 saturated heterocycles. The molecule has 4 nitrogen and oxygen atoms in total. The zero-order valence-corrected chi connectivity index (χ0v) is 14.5. The molecular formula is C18H19F2NO3S. The number of halogens is 2. The second-order valence-electron chi connectivity index (χ2n) is 5.92. The Kier molecular flexibility index (Phi) is 4.94. The molecule has 134 valence electrons. The maximum Gasteiger partial charge on any atom is 0.341 e. The first-order chi connectivity index (χ1) is 11.9. The van der Waals surface area contributed by atoms with Gasteiger partial charge in [0.25, 0.3) is 0 Å². The number of hydrogen-bond donors (Lipinski definition) is 0. The molecule has 1 aliphatic rings. The van der Waals surface area contributed by atoms with Gasteiger partial charge in [-0.05, 0) is 54.8 Å². The smallest absolute Gasteiger partial charge is 0.341 e. The van der Waals surface area contributed by atoms with Crippen LogP contribution in [-0.2, 0) is 9.84 Å². The van der Waals surface area contributed by atoms with Crippen LogP contribution in [0.15, 0.2) is 53.4 Å². The number of nitrogens with zero attached hydrogens (tertiary/aromatic N) is 1. The van der Waals surface area contributed by atoms with Crippen molar-refractivity contribution in [1.29, 1.82) is 0 Å². The molecule has 2 aromatic rings. The number of anilines is 1. The molecule has 1 heterocycles. The van der Waals surface area contributed by atoms with Crippen molar-refractivity contribution >= 4 is 15.5 Å². The number of alkyl halides is 2. The highest BCUT2D eigenvalue weighted by molar-refractivity contribution is 7.91. The third-order valence-electron chi connectivity index (χ3n) is 4.48. The van der Waals surface area contributed by atoms with E-state index in [2.05, 4.69) is 4.90 Å². The summed E-state index contributed by atoms with van der Waals surface area (Å²) in [6.07, 6.45) is 1.98. The van der Waals surface area contributed by atoms with Crippen molar-refractivity contribution in [2.75, 3.05) is 18.6 Å². The molecule has 1 atom stereocenters. The molecule has 0 saturated carbocycles. The summed E-state index contributed by atoms with van der Waals surface area (Å²) in [6, 6.07) is 13.7. The van der Waals surface area contributed by atoms with Gasteiger partial charge in [-0.25, -0.2) is 8.42 Å². The van der Waals surface area contributed by atoms with Crippen LogP contribution in [0.3, 0.4) is 0 Å². The van der Waals surface area contributed by atoms with E-state index in [0.29, 0.717) is 0 Å². The van der Waals surface area contributed by atoms with Crippen LogP contribution in [0.25, 0.3) is 0 Å². The molecule has 2 aromatic carbocycles. The molecule has 0 aliphatic carbocycles. The predicted octanol–water partition coefficient (Wildman–Crippen LogP) is 4.03. The molecule has 0 bridgehead atoms. The van der Waals surface area contributed by atoms with Crippen LogP contribution in [0.5, 0.6) is 5.75 Å². The van der Waals surface area contributed by atoms with Crippen molar-refractivity contribution in [1.82, 2.24) is 0 Å². The molecule has 7 heteroatoms. The Bertz CT molecular complexity index is 820. The monoisotopic (exact) mass is 367 g/mol. The van der Waals surface area contributed by atoms with E-state index >= 15 is 0 Å². The summed E-state index contributed by atoms with van der Waals surface area (Å²) in [5.41, 5.74) is 1.97. The van der Waals surface area contributed by atoms with E-state index in [1.54, 1.807) is 19.2 Å². The normalized spacial score (nSPS) is 17.9. The highest BCUT2D eigenvalue weighted by atomic mass is 32.2. The quantitative estimate of drug-likeness (QED) is 0.800. The van der Waals surface area contributed by atoms with Gasteiger partial charge in [0, 0.05) is 12.2 Å². The summed E-state index contributed by atoms with van der Waals surface area (Å²) < 4.78 is 53.5. The van der Waals surface area contributed by atoms with Crippen LogP contribution >= 0.6 is 0 Å². The van der Waals surface area contributed by atoms with E-state index in [9.17, 15) is 17.2 Å². The molecule has 1 aliphatic heterocycles. The van der Waals surface area contributed by atoms with Gasteiger partial charge in [0.15, 0.2) is 0 Å². The third kappa shape index (κ3) is 3.46. The Balaban J connectivity index is 1.85. The Morgan fingerprint density at radius 3 is 2.28 bits per heavy atom. The fourth-order valence-electron chi connectivity index (χ4n) is 3.18. The van der Waals surface area contributed by atoms with Crippen LogP contribution in [0.1, 0.15) is 24.4 Å². The van der Waals surface area contributed by atoms with Crippen LogP contribution in [-0.4, -0.2) is 27.8 Å². The van der Waals surface area contributed by atoms with Gasteiger partial charge < -0.3 is 9.64 Å². The minimum absolute atomic E-state index is 0.170. The Hall–Kier alpha value is -2.15. The molecular weight excluding hydrogens is 348 g/mol. The predicted molar refractivity (Wildman–Crippen MR) is 91.9 cm³/mol. The lowest BCUT2D eigenvalue weighted by atomic mass is 10.0. The van der Waals surface area contributed by atoms with E-state index < -0.39 is 15.6 Å². The molecule has 0 unspecified atom stereocenters. The Morgan fingerprint density at radius 2 is 1.72 bits per heavy atom. The largest absolute Gasteiger partial charge is 0.497 e.